The predicted octanol–water partition coefficient (Wildman–Crippen LogP) is 5.25. The molecule has 30 heavy (non-hydrogen) atoms. The molecular formula is C22H17N5OS2. The SMILES string of the molecule is N#CCCSc1ccccc1NC(=O)c1nc(-c2cccs2)n(-c2ccccc2)n1. The molecule has 0 aliphatic heterocycles. The number of thioether (sulfide) groups is 1. The smallest absolute Gasteiger partial charge is 0.295 e. The molecule has 6 nitrogen and oxygen atoms in total. The standard InChI is InChI=1S/C22H17N5OS2/c23-13-7-15-29-18-11-5-4-10-17(18)24-22(28)20-25-21(19-12-6-14-30-19)27(26-20)16-8-2-1-3-9-16/h1-6,8-12,14H,7,15H2,(H,24,28). The summed E-state index contributed by atoms with van der Waals surface area (Å²) in [7, 11) is 0. The Morgan fingerprint density at radius 2 is 1.90 bits per heavy atom. The quantitative estimate of drug-likeness (QED) is 0.319. The number of aromatic nitrogens is 3. The maximum absolute atomic E-state index is 13.0. The van der Waals surface area contributed by atoms with E-state index in [9.17, 15) is 4.79 Å². The largest absolute Gasteiger partial charge is 0.318 e. The van der Waals surface area contributed by atoms with E-state index in [4.69, 9.17) is 5.26 Å². The summed E-state index contributed by atoms with van der Waals surface area (Å²) < 4.78 is 1.69. The Bertz CT molecular complexity index is 1180. The summed E-state index contributed by atoms with van der Waals surface area (Å²) in [5, 5.41) is 18.1. The van der Waals surface area contributed by atoms with Gasteiger partial charge in [-0.05, 0) is 35.7 Å². The maximum atomic E-state index is 13.0. The summed E-state index contributed by atoms with van der Waals surface area (Å²) in [4.78, 5) is 19.3. The fourth-order valence-electron chi connectivity index (χ4n) is 2.80. The van der Waals surface area contributed by atoms with Crippen LogP contribution in [0.3, 0.4) is 0 Å². The molecule has 4 aromatic rings. The van der Waals surface area contributed by atoms with Gasteiger partial charge in [-0.3, -0.25) is 4.79 Å². The van der Waals surface area contributed by atoms with Crippen LogP contribution >= 0.6 is 23.1 Å². The number of benzene rings is 2. The summed E-state index contributed by atoms with van der Waals surface area (Å²) in [6.45, 7) is 0. The zero-order valence-corrected chi connectivity index (χ0v) is 17.5. The third-order valence-electron chi connectivity index (χ3n) is 4.16. The Morgan fingerprint density at radius 3 is 2.67 bits per heavy atom. The van der Waals surface area contributed by atoms with Gasteiger partial charge in [-0.15, -0.1) is 28.2 Å². The summed E-state index contributed by atoms with van der Waals surface area (Å²) in [6.07, 6.45) is 0.445. The van der Waals surface area contributed by atoms with E-state index >= 15 is 0 Å². The van der Waals surface area contributed by atoms with Crippen LogP contribution in [0, 0.1) is 11.3 Å². The Kier molecular flexibility index (Phi) is 6.23. The Hall–Kier alpha value is -3.41. The van der Waals surface area contributed by atoms with Crippen molar-refractivity contribution in [3.05, 3.63) is 77.9 Å². The molecule has 0 unspecified atom stereocenters. The van der Waals surface area contributed by atoms with E-state index < -0.39 is 0 Å². The summed E-state index contributed by atoms with van der Waals surface area (Å²) in [5.74, 6) is 1.00. The van der Waals surface area contributed by atoms with Crippen LogP contribution in [0.5, 0.6) is 0 Å². The van der Waals surface area contributed by atoms with Gasteiger partial charge >= 0.3 is 0 Å². The number of thiophene rings is 1. The highest BCUT2D eigenvalue weighted by molar-refractivity contribution is 7.99. The topological polar surface area (TPSA) is 83.6 Å². The first-order chi connectivity index (χ1) is 14.8. The lowest BCUT2D eigenvalue weighted by Crippen LogP contribution is -2.15. The molecule has 148 valence electrons. The number of rotatable bonds is 7. The molecule has 2 heterocycles. The molecule has 0 saturated heterocycles. The molecule has 2 aromatic heterocycles. The first-order valence-electron chi connectivity index (χ1n) is 9.23. The second-order valence-corrected chi connectivity index (χ2v) is 8.27. The molecule has 0 atom stereocenters. The number of anilines is 1. The molecule has 0 radical (unpaired) electrons. The number of para-hydroxylation sites is 2. The average molecular weight is 432 g/mol. The highest BCUT2D eigenvalue weighted by Gasteiger charge is 2.20. The molecule has 0 aliphatic carbocycles. The van der Waals surface area contributed by atoms with Crippen molar-refractivity contribution in [3.8, 4) is 22.5 Å². The van der Waals surface area contributed by atoms with Crippen LogP contribution in [0.4, 0.5) is 5.69 Å². The third kappa shape index (κ3) is 4.43. The van der Waals surface area contributed by atoms with Crippen LogP contribution in [0.15, 0.2) is 77.0 Å². The number of carbonyl (C=O) groups is 1. The molecule has 2 aromatic carbocycles. The minimum Gasteiger partial charge on any atom is -0.318 e. The van der Waals surface area contributed by atoms with Gasteiger partial charge in [0.1, 0.15) is 0 Å². The number of hydrogen-bond acceptors (Lipinski definition) is 6. The maximum Gasteiger partial charge on any atom is 0.295 e. The van der Waals surface area contributed by atoms with E-state index in [2.05, 4.69) is 21.5 Å². The van der Waals surface area contributed by atoms with Gasteiger partial charge in [-0.1, -0.05) is 36.4 Å². The molecule has 0 bridgehead atoms. The fraction of sp³-hybridized carbons (Fsp3) is 0.0909. The Labute approximate surface area is 182 Å². The van der Waals surface area contributed by atoms with Crippen molar-refractivity contribution in [1.29, 1.82) is 5.26 Å². The van der Waals surface area contributed by atoms with Gasteiger partial charge in [-0.25, -0.2) is 9.67 Å². The lowest BCUT2D eigenvalue weighted by Gasteiger charge is -2.08. The summed E-state index contributed by atoms with van der Waals surface area (Å²) in [6, 6.07) is 23.2. The van der Waals surface area contributed by atoms with E-state index in [1.54, 1.807) is 16.0 Å². The van der Waals surface area contributed by atoms with Gasteiger partial charge in [0.15, 0.2) is 5.82 Å². The molecule has 4 rings (SSSR count). The number of amides is 1. The predicted molar refractivity (Wildman–Crippen MR) is 120 cm³/mol. The monoisotopic (exact) mass is 431 g/mol. The molecule has 0 aliphatic rings. The highest BCUT2D eigenvalue weighted by atomic mass is 32.2. The molecule has 0 fully saturated rings. The van der Waals surface area contributed by atoms with E-state index in [0.29, 0.717) is 23.7 Å². The van der Waals surface area contributed by atoms with E-state index in [1.807, 2.05) is 72.1 Å². The van der Waals surface area contributed by atoms with Crippen molar-refractivity contribution < 1.29 is 4.79 Å². The van der Waals surface area contributed by atoms with Crippen LogP contribution in [0.1, 0.15) is 17.0 Å². The number of nitrogens with one attached hydrogen (secondary N) is 1. The van der Waals surface area contributed by atoms with Gasteiger partial charge in [0, 0.05) is 17.1 Å². The lowest BCUT2D eigenvalue weighted by atomic mass is 10.3. The molecule has 0 saturated carbocycles. The first-order valence-corrected chi connectivity index (χ1v) is 11.1. The summed E-state index contributed by atoms with van der Waals surface area (Å²) in [5.41, 5.74) is 1.51. The van der Waals surface area contributed by atoms with E-state index in [-0.39, 0.29) is 11.7 Å². The van der Waals surface area contributed by atoms with Crippen LogP contribution in [0.25, 0.3) is 16.4 Å². The van der Waals surface area contributed by atoms with Crippen LogP contribution in [-0.2, 0) is 0 Å². The van der Waals surface area contributed by atoms with Crippen molar-refractivity contribution in [2.45, 2.75) is 11.3 Å². The molecule has 1 amide bonds. The van der Waals surface area contributed by atoms with Crippen LogP contribution in [-0.4, -0.2) is 26.4 Å². The van der Waals surface area contributed by atoms with Crippen molar-refractivity contribution >= 4 is 34.7 Å². The number of hydrogen-bond donors (Lipinski definition) is 1. The fourth-order valence-corrected chi connectivity index (χ4v) is 4.36. The normalized spacial score (nSPS) is 10.5. The van der Waals surface area contributed by atoms with E-state index in [1.165, 1.54) is 11.8 Å². The zero-order valence-electron chi connectivity index (χ0n) is 15.9. The number of carbonyl (C=O) groups excluding carboxylic acids is 1. The first kappa shape index (κ1) is 19.9. The molecule has 8 heteroatoms. The van der Waals surface area contributed by atoms with Crippen molar-refractivity contribution in [2.75, 3.05) is 11.1 Å². The minimum absolute atomic E-state index is 0.0964. The average Bonchev–Trinajstić information content (AvgIpc) is 3.46. The summed E-state index contributed by atoms with van der Waals surface area (Å²) >= 11 is 3.07. The zero-order chi connectivity index (χ0) is 20.8. The second kappa shape index (κ2) is 9.39. The molecular weight excluding hydrogens is 414 g/mol. The van der Waals surface area contributed by atoms with Crippen LogP contribution in [0.2, 0.25) is 0 Å². The lowest BCUT2D eigenvalue weighted by molar-refractivity contribution is 0.101. The third-order valence-corrected chi connectivity index (χ3v) is 6.10. The van der Waals surface area contributed by atoms with Crippen molar-refractivity contribution in [3.63, 3.8) is 0 Å². The van der Waals surface area contributed by atoms with E-state index in [0.717, 1.165) is 15.5 Å². The van der Waals surface area contributed by atoms with Gasteiger partial charge < -0.3 is 5.32 Å². The number of nitriles is 1. The van der Waals surface area contributed by atoms with Gasteiger partial charge in [0.2, 0.25) is 5.82 Å². The van der Waals surface area contributed by atoms with Crippen LogP contribution < -0.4 is 5.32 Å². The van der Waals surface area contributed by atoms with Gasteiger partial charge in [0.05, 0.1) is 22.3 Å². The second-order valence-electron chi connectivity index (χ2n) is 6.19. The Balaban J connectivity index is 1.64. The van der Waals surface area contributed by atoms with Gasteiger partial charge in [0.25, 0.3) is 5.91 Å². The van der Waals surface area contributed by atoms with Crippen molar-refractivity contribution in [1.82, 2.24) is 14.8 Å². The number of nitrogens with zero attached hydrogens (tertiary/aromatic N) is 4. The van der Waals surface area contributed by atoms with Gasteiger partial charge in [-0.2, -0.15) is 5.26 Å². The minimum atomic E-state index is -0.379. The molecule has 0 spiro atoms. The highest BCUT2D eigenvalue weighted by Crippen LogP contribution is 2.29. The van der Waals surface area contributed by atoms with Crippen molar-refractivity contribution in [2.24, 2.45) is 0 Å². The molecule has 1 N–H and O–H groups in total. The Morgan fingerprint density at radius 1 is 1.10 bits per heavy atom.